The van der Waals surface area contributed by atoms with Gasteiger partial charge in [0.15, 0.2) is 0 Å². The summed E-state index contributed by atoms with van der Waals surface area (Å²) in [6.07, 6.45) is -0.131. The first-order valence-corrected chi connectivity index (χ1v) is 5.26. The second-order valence-corrected chi connectivity index (χ2v) is 4.23. The van der Waals surface area contributed by atoms with Gasteiger partial charge in [0.1, 0.15) is 22.4 Å². The van der Waals surface area contributed by atoms with Gasteiger partial charge in [-0.05, 0) is 15.9 Å². The van der Waals surface area contributed by atoms with Crippen LogP contribution in [0.3, 0.4) is 0 Å². The van der Waals surface area contributed by atoms with Gasteiger partial charge in [-0.3, -0.25) is 0 Å². The summed E-state index contributed by atoms with van der Waals surface area (Å²) in [4.78, 5) is 9.63. The van der Waals surface area contributed by atoms with Crippen molar-refractivity contribution in [3.8, 4) is 0 Å². The van der Waals surface area contributed by atoms with Crippen molar-refractivity contribution >= 4 is 27.6 Å². The number of hydrogen-bond acceptors (Lipinski definition) is 6. The Labute approximate surface area is 94.9 Å². The van der Waals surface area contributed by atoms with Crippen LogP contribution in [0.2, 0.25) is 0 Å². The Balaban J connectivity index is 2.27. The molecule has 7 heteroatoms. The van der Waals surface area contributed by atoms with E-state index in [1.54, 1.807) is 4.90 Å². The van der Waals surface area contributed by atoms with Gasteiger partial charge in [0.25, 0.3) is 0 Å². The number of rotatable bonds is 1. The number of nitrogens with two attached hydrogens (primary N) is 1. The molecule has 0 aromatic carbocycles. The largest absolute Gasteiger partial charge is 0.389 e. The minimum atomic E-state index is -0.743. The van der Waals surface area contributed by atoms with Gasteiger partial charge in [-0.2, -0.15) is 0 Å². The fourth-order valence-corrected chi connectivity index (χ4v) is 1.99. The summed E-state index contributed by atoms with van der Waals surface area (Å²) < 4.78 is 0.589. The maximum absolute atomic E-state index is 9.41. The summed E-state index contributed by atoms with van der Waals surface area (Å²) in [5.74, 6) is 0.939. The molecule has 2 heterocycles. The minimum Gasteiger partial charge on any atom is -0.389 e. The lowest BCUT2D eigenvalue weighted by atomic mass is 10.3. The molecule has 1 saturated heterocycles. The molecule has 0 saturated carbocycles. The molecular formula is C8H11BrN4O2. The molecule has 0 bridgehead atoms. The molecule has 2 atom stereocenters. The first kappa shape index (κ1) is 10.6. The minimum absolute atomic E-state index is 0.343. The van der Waals surface area contributed by atoms with Crippen molar-refractivity contribution in [2.45, 2.75) is 12.2 Å². The number of hydrogen-bond donors (Lipinski definition) is 3. The molecule has 1 aliphatic heterocycles. The molecule has 0 aliphatic carbocycles. The van der Waals surface area contributed by atoms with Crippen LogP contribution in [-0.4, -0.2) is 45.5 Å². The van der Waals surface area contributed by atoms with Crippen molar-refractivity contribution in [1.29, 1.82) is 0 Å². The maximum Gasteiger partial charge on any atom is 0.148 e. The molecule has 0 spiro atoms. The SMILES string of the molecule is Nc1ncnc(N2CC(O)C(O)C2)c1Br. The Hall–Kier alpha value is -0.920. The topological polar surface area (TPSA) is 95.5 Å². The molecule has 1 fully saturated rings. The fourth-order valence-electron chi connectivity index (χ4n) is 1.54. The van der Waals surface area contributed by atoms with E-state index < -0.39 is 12.2 Å². The van der Waals surface area contributed by atoms with Crippen LogP contribution in [0.1, 0.15) is 0 Å². The highest BCUT2D eigenvalue weighted by molar-refractivity contribution is 9.10. The highest BCUT2D eigenvalue weighted by Crippen LogP contribution is 2.29. The third-order valence-corrected chi connectivity index (χ3v) is 3.12. The van der Waals surface area contributed by atoms with Crippen LogP contribution in [-0.2, 0) is 0 Å². The number of anilines is 2. The zero-order chi connectivity index (χ0) is 11.0. The molecule has 0 amide bonds. The molecule has 4 N–H and O–H groups in total. The van der Waals surface area contributed by atoms with Gasteiger partial charge in [-0.15, -0.1) is 0 Å². The standard InChI is InChI=1S/C8H11BrN4O2/c9-6-7(10)11-3-12-8(6)13-1-4(14)5(15)2-13/h3-5,14-15H,1-2H2,(H2,10,11,12). The normalized spacial score (nSPS) is 25.9. The number of aromatic nitrogens is 2. The van der Waals surface area contributed by atoms with Gasteiger partial charge in [0, 0.05) is 13.1 Å². The van der Waals surface area contributed by atoms with Crippen LogP contribution in [0.25, 0.3) is 0 Å². The average Bonchev–Trinajstić information content (AvgIpc) is 2.51. The quantitative estimate of drug-likeness (QED) is 0.631. The summed E-state index contributed by atoms with van der Waals surface area (Å²) >= 11 is 3.28. The van der Waals surface area contributed by atoms with Crippen molar-refractivity contribution in [3.63, 3.8) is 0 Å². The smallest absolute Gasteiger partial charge is 0.148 e. The first-order chi connectivity index (χ1) is 7.09. The Morgan fingerprint density at radius 1 is 1.33 bits per heavy atom. The zero-order valence-electron chi connectivity index (χ0n) is 7.84. The number of aliphatic hydroxyl groups is 2. The van der Waals surface area contributed by atoms with Crippen LogP contribution in [0.5, 0.6) is 0 Å². The molecule has 2 unspecified atom stereocenters. The number of nitrogen functional groups attached to an aromatic ring is 1. The summed E-state index contributed by atoms with van der Waals surface area (Å²) in [6.45, 7) is 0.687. The summed E-state index contributed by atoms with van der Waals surface area (Å²) in [5, 5.41) is 18.8. The Kier molecular flexibility index (Phi) is 2.76. The van der Waals surface area contributed by atoms with E-state index in [0.29, 0.717) is 29.2 Å². The zero-order valence-corrected chi connectivity index (χ0v) is 9.42. The molecular weight excluding hydrogens is 264 g/mol. The Morgan fingerprint density at radius 3 is 2.53 bits per heavy atom. The predicted octanol–water partition coefficient (Wildman–Crippen LogP) is -0.637. The van der Waals surface area contributed by atoms with E-state index in [-0.39, 0.29) is 0 Å². The van der Waals surface area contributed by atoms with Gasteiger partial charge in [0.05, 0.1) is 12.2 Å². The van der Waals surface area contributed by atoms with Crippen molar-refractivity contribution in [1.82, 2.24) is 9.97 Å². The first-order valence-electron chi connectivity index (χ1n) is 4.46. The third-order valence-electron chi connectivity index (χ3n) is 2.36. The van der Waals surface area contributed by atoms with Crippen molar-refractivity contribution in [3.05, 3.63) is 10.8 Å². The van der Waals surface area contributed by atoms with Gasteiger partial charge in [-0.1, -0.05) is 0 Å². The molecule has 6 nitrogen and oxygen atoms in total. The summed E-state index contributed by atoms with van der Waals surface area (Å²) in [6, 6.07) is 0. The summed E-state index contributed by atoms with van der Waals surface area (Å²) in [5.41, 5.74) is 5.61. The number of halogens is 1. The number of nitrogens with zero attached hydrogens (tertiary/aromatic N) is 3. The Bertz CT molecular complexity index is 366. The van der Waals surface area contributed by atoms with Crippen LogP contribution in [0.4, 0.5) is 11.6 Å². The maximum atomic E-state index is 9.41. The molecule has 1 aromatic heterocycles. The van der Waals surface area contributed by atoms with Gasteiger partial charge in [-0.25, -0.2) is 9.97 Å². The highest BCUT2D eigenvalue weighted by Gasteiger charge is 2.31. The van der Waals surface area contributed by atoms with Crippen LogP contribution in [0.15, 0.2) is 10.8 Å². The number of β-amino-alcohol motifs (C(OH)–C–C–N with tert-alkyl or cyclic N) is 2. The predicted molar refractivity (Wildman–Crippen MR) is 58.4 cm³/mol. The van der Waals surface area contributed by atoms with Crippen molar-refractivity contribution in [2.24, 2.45) is 0 Å². The molecule has 1 aliphatic rings. The average molecular weight is 275 g/mol. The molecule has 2 rings (SSSR count). The van der Waals surface area contributed by atoms with Crippen molar-refractivity contribution in [2.75, 3.05) is 23.7 Å². The lowest BCUT2D eigenvalue weighted by Gasteiger charge is -2.17. The van der Waals surface area contributed by atoms with E-state index in [4.69, 9.17) is 5.73 Å². The van der Waals surface area contributed by atoms with Crippen LogP contribution in [0, 0.1) is 0 Å². The van der Waals surface area contributed by atoms with Crippen LogP contribution >= 0.6 is 15.9 Å². The molecule has 82 valence electrons. The van der Waals surface area contributed by atoms with E-state index >= 15 is 0 Å². The lowest BCUT2D eigenvalue weighted by molar-refractivity contribution is 0.0572. The van der Waals surface area contributed by atoms with E-state index in [1.165, 1.54) is 6.33 Å². The third kappa shape index (κ3) is 1.90. The molecule has 15 heavy (non-hydrogen) atoms. The summed E-state index contributed by atoms with van der Waals surface area (Å²) in [7, 11) is 0. The lowest BCUT2D eigenvalue weighted by Crippen LogP contribution is -2.23. The Morgan fingerprint density at radius 2 is 1.93 bits per heavy atom. The second-order valence-electron chi connectivity index (χ2n) is 3.44. The van der Waals surface area contributed by atoms with E-state index in [9.17, 15) is 10.2 Å². The second kappa shape index (κ2) is 3.92. The highest BCUT2D eigenvalue weighted by atomic mass is 79.9. The molecule has 0 radical (unpaired) electrons. The molecule has 1 aromatic rings. The monoisotopic (exact) mass is 274 g/mol. The van der Waals surface area contributed by atoms with Crippen LogP contribution < -0.4 is 10.6 Å². The van der Waals surface area contributed by atoms with Crippen molar-refractivity contribution < 1.29 is 10.2 Å². The van der Waals surface area contributed by atoms with E-state index in [0.717, 1.165) is 0 Å². The number of aliphatic hydroxyl groups excluding tert-OH is 2. The van der Waals surface area contributed by atoms with E-state index in [1.807, 2.05) is 0 Å². The van der Waals surface area contributed by atoms with Gasteiger partial charge >= 0.3 is 0 Å². The van der Waals surface area contributed by atoms with Gasteiger partial charge < -0.3 is 20.8 Å². The fraction of sp³-hybridized carbons (Fsp3) is 0.500. The van der Waals surface area contributed by atoms with E-state index in [2.05, 4.69) is 25.9 Å². The van der Waals surface area contributed by atoms with Gasteiger partial charge in [0.2, 0.25) is 0 Å².